The van der Waals surface area contributed by atoms with Gasteiger partial charge in [0.2, 0.25) is 0 Å². The van der Waals surface area contributed by atoms with Gasteiger partial charge in [0.05, 0.1) is 17.1 Å². The Kier molecular flexibility index (Phi) is 3.57. The van der Waals surface area contributed by atoms with Gasteiger partial charge in [0.15, 0.2) is 5.76 Å². The van der Waals surface area contributed by atoms with E-state index in [0.717, 1.165) is 58.3 Å². The van der Waals surface area contributed by atoms with Gasteiger partial charge in [-0.05, 0) is 50.5 Å². The quantitative estimate of drug-likeness (QED) is 0.553. The van der Waals surface area contributed by atoms with Gasteiger partial charge < -0.3 is 14.3 Å². The summed E-state index contributed by atoms with van der Waals surface area (Å²) in [7, 11) is 0. The molecule has 4 aromatic rings. The van der Waals surface area contributed by atoms with E-state index in [9.17, 15) is 4.79 Å². The van der Waals surface area contributed by atoms with Crippen LogP contribution in [0.15, 0.2) is 46.9 Å². The van der Waals surface area contributed by atoms with Gasteiger partial charge in [0.1, 0.15) is 11.4 Å². The third kappa shape index (κ3) is 2.53. The topological polar surface area (TPSA) is 62.1 Å². The SMILES string of the molecule is Cc1ccc2c(C)c(C(=O)N3CCCC3c3nc4ccccc4[nH]3)oc2c1. The summed E-state index contributed by atoms with van der Waals surface area (Å²) in [5.74, 6) is 1.24. The van der Waals surface area contributed by atoms with E-state index < -0.39 is 0 Å². The number of hydrogen-bond donors (Lipinski definition) is 1. The van der Waals surface area contributed by atoms with Crippen LogP contribution in [0.1, 0.15) is 46.4 Å². The number of para-hydroxylation sites is 2. The molecular weight excluding hydrogens is 338 g/mol. The highest BCUT2D eigenvalue weighted by atomic mass is 16.3. The second kappa shape index (κ2) is 5.98. The van der Waals surface area contributed by atoms with Crippen LogP contribution in [-0.4, -0.2) is 27.3 Å². The van der Waals surface area contributed by atoms with E-state index in [4.69, 9.17) is 9.40 Å². The lowest BCUT2D eigenvalue weighted by Gasteiger charge is -2.22. The predicted octanol–water partition coefficient (Wildman–Crippen LogP) is 4.90. The van der Waals surface area contributed by atoms with Gasteiger partial charge in [-0.25, -0.2) is 4.98 Å². The van der Waals surface area contributed by atoms with Crippen molar-refractivity contribution in [3.05, 3.63) is 65.2 Å². The Bertz CT molecular complexity index is 1140. The number of carbonyl (C=O) groups is 1. The maximum Gasteiger partial charge on any atom is 0.290 e. The zero-order valence-corrected chi connectivity index (χ0v) is 15.5. The molecule has 0 bridgehead atoms. The molecule has 1 unspecified atom stereocenters. The van der Waals surface area contributed by atoms with Crippen molar-refractivity contribution in [3.63, 3.8) is 0 Å². The minimum absolute atomic E-state index is 0.0424. The second-order valence-electron chi connectivity index (χ2n) is 7.35. The molecule has 0 radical (unpaired) electrons. The Morgan fingerprint density at radius 1 is 1.22 bits per heavy atom. The molecule has 0 spiro atoms. The van der Waals surface area contributed by atoms with Crippen molar-refractivity contribution in [1.82, 2.24) is 14.9 Å². The molecule has 1 aliphatic rings. The normalized spacial score (nSPS) is 17.3. The molecule has 1 aliphatic heterocycles. The lowest BCUT2D eigenvalue weighted by Crippen LogP contribution is -2.31. The van der Waals surface area contributed by atoms with E-state index in [2.05, 4.69) is 4.98 Å². The van der Waals surface area contributed by atoms with E-state index in [1.807, 2.05) is 61.2 Å². The van der Waals surface area contributed by atoms with Crippen LogP contribution in [-0.2, 0) is 0 Å². The minimum atomic E-state index is -0.0516. The number of nitrogens with one attached hydrogen (secondary N) is 1. The van der Waals surface area contributed by atoms with Crippen LogP contribution in [0.4, 0.5) is 0 Å². The van der Waals surface area contributed by atoms with Crippen molar-refractivity contribution in [2.45, 2.75) is 32.7 Å². The average molecular weight is 359 g/mol. The standard InChI is InChI=1S/C22H21N3O2/c1-13-9-10-15-14(2)20(27-19(15)12-13)22(26)25-11-5-8-18(25)21-23-16-6-3-4-7-17(16)24-21/h3-4,6-7,9-10,12,18H,5,8,11H2,1-2H3,(H,23,24). The maximum absolute atomic E-state index is 13.3. The molecule has 1 N–H and O–H groups in total. The van der Waals surface area contributed by atoms with Gasteiger partial charge in [-0.2, -0.15) is 0 Å². The fraction of sp³-hybridized carbons (Fsp3) is 0.273. The Hall–Kier alpha value is -3.08. The van der Waals surface area contributed by atoms with E-state index in [0.29, 0.717) is 5.76 Å². The molecular formula is C22H21N3O2. The number of benzene rings is 2. The summed E-state index contributed by atoms with van der Waals surface area (Å²) in [6, 6.07) is 14.0. The predicted molar refractivity (Wildman–Crippen MR) is 105 cm³/mol. The Balaban J connectivity index is 1.53. The Morgan fingerprint density at radius 3 is 2.93 bits per heavy atom. The van der Waals surface area contributed by atoms with E-state index in [-0.39, 0.29) is 11.9 Å². The van der Waals surface area contributed by atoms with E-state index in [1.54, 1.807) is 0 Å². The molecule has 5 rings (SSSR count). The summed E-state index contributed by atoms with van der Waals surface area (Å²) in [5.41, 5.74) is 4.74. The number of likely N-dealkylation sites (tertiary alicyclic amines) is 1. The summed E-state index contributed by atoms with van der Waals surface area (Å²) in [6.45, 7) is 4.70. The number of aromatic nitrogens is 2. The highest BCUT2D eigenvalue weighted by Crippen LogP contribution is 2.35. The van der Waals surface area contributed by atoms with E-state index >= 15 is 0 Å². The first-order chi connectivity index (χ1) is 13.1. The first-order valence-electron chi connectivity index (χ1n) is 9.37. The van der Waals surface area contributed by atoms with E-state index in [1.165, 1.54) is 0 Å². The number of H-pyrrole nitrogens is 1. The number of nitrogens with zero attached hydrogens (tertiary/aromatic N) is 2. The fourth-order valence-electron chi connectivity index (χ4n) is 4.09. The summed E-state index contributed by atoms with van der Waals surface area (Å²) >= 11 is 0. The van der Waals surface area contributed by atoms with Gasteiger partial charge in [-0.1, -0.05) is 24.3 Å². The highest BCUT2D eigenvalue weighted by Gasteiger charge is 2.35. The molecule has 1 saturated heterocycles. The highest BCUT2D eigenvalue weighted by molar-refractivity contribution is 5.99. The van der Waals surface area contributed by atoms with Crippen molar-refractivity contribution in [2.75, 3.05) is 6.54 Å². The molecule has 27 heavy (non-hydrogen) atoms. The number of aryl methyl sites for hydroxylation is 2. The molecule has 1 amide bonds. The van der Waals surface area contributed by atoms with Crippen molar-refractivity contribution in [2.24, 2.45) is 0 Å². The summed E-state index contributed by atoms with van der Waals surface area (Å²) in [5, 5.41) is 1.00. The molecule has 0 saturated carbocycles. The monoisotopic (exact) mass is 359 g/mol. The number of fused-ring (bicyclic) bond motifs is 2. The number of imidazole rings is 1. The maximum atomic E-state index is 13.3. The van der Waals surface area contributed by atoms with Gasteiger partial charge in [-0.3, -0.25) is 4.79 Å². The smallest absolute Gasteiger partial charge is 0.290 e. The minimum Gasteiger partial charge on any atom is -0.451 e. The van der Waals surface area contributed by atoms with Gasteiger partial charge in [-0.15, -0.1) is 0 Å². The summed E-state index contributed by atoms with van der Waals surface area (Å²) in [4.78, 5) is 23.3. The number of aromatic amines is 1. The van der Waals surface area contributed by atoms with Gasteiger partial charge in [0, 0.05) is 17.5 Å². The van der Waals surface area contributed by atoms with Crippen LogP contribution >= 0.6 is 0 Å². The van der Waals surface area contributed by atoms with Crippen LogP contribution in [0.2, 0.25) is 0 Å². The number of carbonyl (C=O) groups excluding carboxylic acids is 1. The number of rotatable bonds is 2. The number of furan rings is 1. The van der Waals surface area contributed by atoms with Gasteiger partial charge >= 0.3 is 0 Å². The molecule has 1 atom stereocenters. The molecule has 1 fully saturated rings. The first-order valence-corrected chi connectivity index (χ1v) is 9.37. The molecule has 2 aromatic heterocycles. The fourth-order valence-corrected chi connectivity index (χ4v) is 4.09. The van der Waals surface area contributed by atoms with Gasteiger partial charge in [0.25, 0.3) is 5.91 Å². The molecule has 5 nitrogen and oxygen atoms in total. The zero-order valence-electron chi connectivity index (χ0n) is 15.5. The number of amides is 1. The largest absolute Gasteiger partial charge is 0.451 e. The third-order valence-corrected chi connectivity index (χ3v) is 5.52. The molecule has 5 heteroatoms. The lowest BCUT2D eigenvalue weighted by molar-refractivity contribution is 0.0699. The zero-order chi connectivity index (χ0) is 18.5. The van der Waals surface area contributed by atoms with Crippen LogP contribution in [0.3, 0.4) is 0 Å². The Labute approximate surface area is 157 Å². The third-order valence-electron chi connectivity index (χ3n) is 5.52. The van der Waals surface area contributed by atoms with Crippen LogP contribution in [0.5, 0.6) is 0 Å². The van der Waals surface area contributed by atoms with Crippen molar-refractivity contribution >= 4 is 27.9 Å². The van der Waals surface area contributed by atoms with Crippen molar-refractivity contribution in [1.29, 1.82) is 0 Å². The van der Waals surface area contributed by atoms with Crippen LogP contribution < -0.4 is 0 Å². The molecule has 3 heterocycles. The molecule has 2 aromatic carbocycles. The Morgan fingerprint density at radius 2 is 2.07 bits per heavy atom. The number of hydrogen-bond acceptors (Lipinski definition) is 3. The molecule has 136 valence electrons. The molecule has 0 aliphatic carbocycles. The van der Waals surface area contributed by atoms with Crippen LogP contribution in [0, 0.1) is 13.8 Å². The van der Waals surface area contributed by atoms with Crippen molar-refractivity contribution in [3.8, 4) is 0 Å². The second-order valence-corrected chi connectivity index (χ2v) is 7.35. The summed E-state index contributed by atoms with van der Waals surface area (Å²) in [6.07, 6.45) is 1.87. The summed E-state index contributed by atoms with van der Waals surface area (Å²) < 4.78 is 5.98. The first kappa shape index (κ1) is 16.1. The van der Waals surface area contributed by atoms with Crippen LogP contribution in [0.25, 0.3) is 22.0 Å². The van der Waals surface area contributed by atoms with Crippen molar-refractivity contribution < 1.29 is 9.21 Å². The lowest BCUT2D eigenvalue weighted by atomic mass is 10.1. The average Bonchev–Trinajstić information content (AvgIpc) is 3.37.